The monoisotopic (exact) mass is 588 g/mol. The van der Waals surface area contributed by atoms with E-state index in [0.29, 0.717) is 61.1 Å². The van der Waals surface area contributed by atoms with Gasteiger partial charge >= 0.3 is 0 Å². The molecular weight excluding hydrogens is 560 g/mol. The van der Waals surface area contributed by atoms with Gasteiger partial charge in [-0.1, -0.05) is 32.6 Å². The number of halogens is 1. The molecule has 0 unspecified atom stereocenters. The molecule has 0 saturated heterocycles. The number of hydrogen-bond acceptors (Lipinski definition) is 5. The van der Waals surface area contributed by atoms with E-state index in [2.05, 4.69) is 70.6 Å². The maximum atomic E-state index is 14.1. The molecule has 0 saturated carbocycles. The van der Waals surface area contributed by atoms with E-state index in [0.717, 1.165) is 21.4 Å². The topological polar surface area (TPSA) is 96.4 Å². The predicted octanol–water partition coefficient (Wildman–Crippen LogP) is 4.78. The van der Waals surface area contributed by atoms with Gasteiger partial charge in [-0.3, -0.25) is 9.59 Å². The van der Waals surface area contributed by atoms with Gasteiger partial charge in [0.15, 0.2) is 0 Å². The number of H-pyrrole nitrogens is 1. The Kier molecular flexibility index (Phi) is 6.50. The van der Waals surface area contributed by atoms with Gasteiger partial charge in [0.25, 0.3) is 5.91 Å². The Morgan fingerprint density at radius 3 is 2.72 bits per heavy atom. The van der Waals surface area contributed by atoms with Crippen LogP contribution in [0.25, 0.3) is 16.7 Å². The van der Waals surface area contributed by atoms with Crippen LogP contribution in [-0.2, 0) is 11.2 Å². The van der Waals surface area contributed by atoms with Gasteiger partial charge < -0.3 is 19.5 Å². The molecule has 6 rings (SSSR count). The Hall–Kier alpha value is -3.92. The van der Waals surface area contributed by atoms with Gasteiger partial charge in [-0.25, -0.2) is 9.67 Å². The lowest BCUT2D eigenvalue weighted by atomic mass is 9.95. The van der Waals surface area contributed by atoms with Crippen molar-refractivity contribution in [1.82, 2.24) is 29.5 Å². The summed E-state index contributed by atoms with van der Waals surface area (Å²) in [5.74, 6) is 0.598. The summed E-state index contributed by atoms with van der Waals surface area (Å²) in [7, 11) is 0. The zero-order valence-corrected chi connectivity index (χ0v) is 23.4. The molecule has 9 nitrogen and oxygen atoms in total. The molecule has 1 atom stereocenters. The van der Waals surface area contributed by atoms with Gasteiger partial charge in [0.1, 0.15) is 12.1 Å². The van der Waals surface area contributed by atoms with Gasteiger partial charge in [0.05, 0.1) is 46.9 Å². The fourth-order valence-electron chi connectivity index (χ4n) is 5.52. The fourth-order valence-corrected chi connectivity index (χ4v) is 5.96. The first-order chi connectivity index (χ1) is 18.9. The molecule has 2 aromatic carbocycles. The summed E-state index contributed by atoms with van der Waals surface area (Å²) in [6.07, 6.45) is 3.49. The number of nitrogens with zero attached hydrogens (tertiary/aromatic N) is 5. The van der Waals surface area contributed by atoms with E-state index in [9.17, 15) is 9.59 Å². The molecule has 0 radical (unpaired) electrons. The summed E-state index contributed by atoms with van der Waals surface area (Å²) in [4.78, 5) is 37.9. The van der Waals surface area contributed by atoms with Gasteiger partial charge in [0.2, 0.25) is 11.8 Å². The fraction of sp³-hybridized carbons (Fsp3) is 0.310. The molecule has 0 bridgehead atoms. The molecule has 200 valence electrons. The number of hydrogen-bond donors (Lipinski definition) is 1. The number of nitrogens with one attached hydrogen (secondary N) is 1. The van der Waals surface area contributed by atoms with Crippen molar-refractivity contribution in [2.75, 3.05) is 26.2 Å². The quantitative estimate of drug-likeness (QED) is 0.346. The summed E-state index contributed by atoms with van der Waals surface area (Å²) < 4.78 is 8.89. The van der Waals surface area contributed by atoms with E-state index in [1.807, 2.05) is 15.6 Å². The third-order valence-corrected chi connectivity index (χ3v) is 8.23. The number of imidazole rings is 1. The second-order valence-electron chi connectivity index (χ2n) is 10.1. The molecule has 4 heterocycles. The average Bonchev–Trinajstić information content (AvgIpc) is 3.57. The number of ether oxygens (including phenoxy) is 1. The maximum Gasteiger partial charge on any atom is 0.256 e. The third-order valence-electron chi connectivity index (χ3n) is 7.59. The lowest BCUT2D eigenvalue weighted by Gasteiger charge is -2.40. The Bertz CT molecular complexity index is 1590. The van der Waals surface area contributed by atoms with Crippen molar-refractivity contribution in [3.63, 3.8) is 0 Å². The van der Waals surface area contributed by atoms with Crippen LogP contribution >= 0.6 is 15.9 Å². The Balaban J connectivity index is 1.46. The highest BCUT2D eigenvalue weighted by atomic mass is 79.9. The highest BCUT2D eigenvalue weighted by Gasteiger charge is 2.40. The SMILES string of the molecule is C=CC(=O)N1CCOc2nn(-c3ccc(C(C)C)cc3)c3c2[C@H](C1)N(C(=O)c1ccc(Br)c2nc[nH]c12)CC3. The molecule has 39 heavy (non-hydrogen) atoms. The van der Waals surface area contributed by atoms with E-state index in [4.69, 9.17) is 9.84 Å². The lowest BCUT2D eigenvalue weighted by molar-refractivity contribution is -0.127. The summed E-state index contributed by atoms with van der Waals surface area (Å²) in [5.41, 5.74) is 5.92. The number of carbonyl (C=O) groups excluding carboxylic acids is 2. The van der Waals surface area contributed by atoms with Gasteiger partial charge in [-0.15, -0.1) is 5.10 Å². The average molecular weight is 589 g/mol. The second-order valence-corrected chi connectivity index (χ2v) is 11.0. The van der Waals surface area contributed by atoms with E-state index >= 15 is 0 Å². The minimum Gasteiger partial charge on any atom is -0.474 e. The molecule has 10 heteroatoms. The van der Waals surface area contributed by atoms with Gasteiger partial charge in [-0.2, -0.15) is 0 Å². The zero-order chi connectivity index (χ0) is 27.3. The Morgan fingerprint density at radius 2 is 1.97 bits per heavy atom. The smallest absolute Gasteiger partial charge is 0.256 e. The third kappa shape index (κ3) is 4.32. The van der Waals surface area contributed by atoms with Crippen molar-refractivity contribution in [2.45, 2.75) is 32.2 Å². The minimum atomic E-state index is -0.439. The standard InChI is InChI=1S/C29H29BrN6O3/c1-4-24(37)34-13-14-39-28-25-22(36(33-28)19-7-5-18(6-8-19)17(2)3)11-12-35(23(25)15-34)29(38)20-9-10-21(30)27-26(20)31-16-32-27/h4-10,16-17,23H,1,11-15H2,2-3H3,(H,31,32)/t23-/m0/s1. The molecule has 0 spiro atoms. The molecule has 0 aliphatic carbocycles. The minimum absolute atomic E-state index is 0.140. The number of rotatable bonds is 4. The van der Waals surface area contributed by atoms with Crippen molar-refractivity contribution in [2.24, 2.45) is 0 Å². The lowest BCUT2D eigenvalue weighted by Crippen LogP contribution is -2.48. The second kappa shape index (κ2) is 10.00. The van der Waals surface area contributed by atoms with E-state index in [1.54, 1.807) is 17.3 Å². The molecule has 2 amide bonds. The van der Waals surface area contributed by atoms with Crippen molar-refractivity contribution >= 4 is 38.8 Å². The molecule has 2 aliphatic rings. The summed E-state index contributed by atoms with van der Waals surface area (Å²) in [6.45, 7) is 9.47. The number of benzene rings is 2. The first-order valence-corrected chi connectivity index (χ1v) is 13.9. The van der Waals surface area contributed by atoms with Crippen LogP contribution in [-0.4, -0.2) is 67.6 Å². The number of fused-ring (bicyclic) bond motifs is 1. The molecular formula is C29H29BrN6O3. The number of carbonyl (C=O) groups is 2. The number of aromatic nitrogens is 4. The molecule has 1 N–H and O–H groups in total. The van der Waals surface area contributed by atoms with Crippen molar-refractivity contribution in [3.8, 4) is 11.6 Å². The highest BCUT2D eigenvalue weighted by Crippen LogP contribution is 2.40. The summed E-state index contributed by atoms with van der Waals surface area (Å²) in [5, 5.41) is 4.88. The number of amides is 2. The van der Waals surface area contributed by atoms with Crippen LogP contribution in [0.2, 0.25) is 0 Å². The zero-order valence-electron chi connectivity index (χ0n) is 21.9. The van der Waals surface area contributed by atoms with Crippen molar-refractivity contribution in [3.05, 3.63) is 82.2 Å². The van der Waals surface area contributed by atoms with Crippen LogP contribution in [0.3, 0.4) is 0 Å². The number of aromatic amines is 1. The van der Waals surface area contributed by atoms with Crippen molar-refractivity contribution < 1.29 is 14.3 Å². The summed E-state index contributed by atoms with van der Waals surface area (Å²) >= 11 is 3.52. The first-order valence-electron chi connectivity index (χ1n) is 13.1. The maximum absolute atomic E-state index is 14.1. The molecule has 2 aromatic heterocycles. The van der Waals surface area contributed by atoms with Gasteiger partial charge in [-0.05, 0) is 57.8 Å². The van der Waals surface area contributed by atoms with Crippen molar-refractivity contribution in [1.29, 1.82) is 0 Å². The van der Waals surface area contributed by atoms with Crippen LogP contribution in [0.5, 0.6) is 5.88 Å². The Morgan fingerprint density at radius 1 is 1.18 bits per heavy atom. The van der Waals surface area contributed by atoms with Crippen LogP contribution in [0.15, 0.2) is 59.9 Å². The van der Waals surface area contributed by atoms with E-state index in [-0.39, 0.29) is 11.8 Å². The largest absolute Gasteiger partial charge is 0.474 e. The first kappa shape index (κ1) is 25.4. The normalized spacial score (nSPS) is 17.0. The molecule has 2 aliphatic heterocycles. The molecule has 0 fully saturated rings. The summed E-state index contributed by atoms with van der Waals surface area (Å²) in [6, 6.07) is 11.6. The highest BCUT2D eigenvalue weighted by molar-refractivity contribution is 9.10. The van der Waals surface area contributed by atoms with E-state index in [1.165, 1.54) is 11.6 Å². The molecule has 4 aromatic rings. The van der Waals surface area contributed by atoms with Gasteiger partial charge in [0, 0.05) is 24.0 Å². The van der Waals surface area contributed by atoms with Crippen LogP contribution in [0.4, 0.5) is 0 Å². The van der Waals surface area contributed by atoms with Crippen LogP contribution < -0.4 is 4.74 Å². The van der Waals surface area contributed by atoms with Crippen LogP contribution in [0, 0.1) is 0 Å². The Labute approximate surface area is 234 Å². The van der Waals surface area contributed by atoms with E-state index < -0.39 is 6.04 Å². The predicted molar refractivity (Wildman–Crippen MR) is 151 cm³/mol. The van der Waals surface area contributed by atoms with Crippen LogP contribution in [0.1, 0.15) is 53.0 Å².